The van der Waals surface area contributed by atoms with Gasteiger partial charge in [-0.25, -0.2) is 0 Å². The van der Waals surface area contributed by atoms with Crippen LogP contribution in [-0.2, 0) is 4.74 Å². The van der Waals surface area contributed by atoms with E-state index in [9.17, 15) is 0 Å². The fraction of sp³-hybridized carbons (Fsp3) is 0.333. The van der Waals surface area contributed by atoms with Gasteiger partial charge in [-0.2, -0.15) is 10.4 Å². The van der Waals surface area contributed by atoms with E-state index in [4.69, 9.17) is 21.6 Å². The van der Waals surface area contributed by atoms with Gasteiger partial charge in [0.1, 0.15) is 11.8 Å². The maximum Gasteiger partial charge on any atom is 0.174 e. The first-order valence-electron chi connectivity index (χ1n) is 2.91. The van der Waals surface area contributed by atoms with Crippen LogP contribution in [0, 0.1) is 11.3 Å². The molecule has 1 unspecified atom stereocenters. The molecule has 0 radical (unpaired) electrons. The zero-order valence-electron chi connectivity index (χ0n) is 5.84. The maximum absolute atomic E-state index is 8.43. The summed E-state index contributed by atoms with van der Waals surface area (Å²) in [5.74, 6) is 0.498. The molecule has 0 amide bonds. The number of hydrazone groups is 1. The highest BCUT2D eigenvalue weighted by molar-refractivity contribution is 6.23. The van der Waals surface area contributed by atoms with Crippen molar-refractivity contribution in [2.75, 3.05) is 7.11 Å². The molecule has 0 saturated heterocycles. The van der Waals surface area contributed by atoms with Gasteiger partial charge in [0.25, 0.3) is 0 Å². The summed E-state index contributed by atoms with van der Waals surface area (Å²) < 4.78 is 4.87. The Bertz CT molecular complexity index is 253. The van der Waals surface area contributed by atoms with Crippen LogP contribution in [0.3, 0.4) is 0 Å². The van der Waals surface area contributed by atoms with Crippen molar-refractivity contribution in [3.63, 3.8) is 0 Å². The second-order valence-corrected chi connectivity index (χ2v) is 2.29. The molecule has 58 valence electrons. The maximum atomic E-state index is 8.43. The number of nitriles is 1. The lowest BCUT2D eigenvalue weighted by Gasteiger charge is -2.15. The summed E-state index contributed by atoms with van der Waals surface area (Å²) in [6, 6.07) is 1.86. The van der Waals surface area contributed by atoms with Crippen LogP contribution in [0.5, 0.6) is 0 Å². The number of rotatable bonds is 1. The Kier molecular flexibility index (Phi) is 2.34. The van der Waals surface area contributed by atoms with Crippen LogP contribution in [0.1, 0.15) is 0 Å². The van der Waals surface area contributed by atoms with Gasteiger partial charge in [0, 0.05) is 6.08 Å². The highest BCUT2D eigenvalue weighted by atomic mass is 35.5. The number of nitrogens with zero attached hydrogens (tertiary/aromatic N) is 2. The molecule has 5 heteroatoms. The average Bonchev–Trinajstić information content (AvgIpc) is 2.05. The predicted molar refractivity (Wildman–Crippen MR) is 40.9 cm³/mol. The van der Waals surface area contributed by atoms with Crippen LogP contribution in [0.15, 0.2) is 16.9 Å². The fourth-order valence-corrected chi connectivity index (χ4v) is 0.851. The van der Waals surface area contributed by atoms with E-state index in [1.54, 1.807) is 0 Å². The zero-order valence-corrected chi connectivity index (χ0v) is 6.59. The summed E-state index contributed by atoms with van der Waals surface area (Å²) in [4.78, 5) is 0. The van der Waals surface area contributed by atoms with Crippen LogP contribution < -0.4 is 5.43 Å². The van der Waals surface area contributed by atoms with Crippen LogP contribution in [0.4, 0.5) is 0 Å². The molecule has 1 N–H and O–H groups in total. The largest absolute Gasteiger partial charge is 0.497 e. The molecule has 1 heterocycles. The third kappa shape index (κ3) is 1.63. The van der Waals surface area contributed by atoms with Crippen molar-refractivity contribution in [3.8, 4) is 6.07 Å². The summed E-state index contributed by atoms with van der Waals surface area (Å²) in [5.41, 5.74) is 2.31. The van der Waals surface area contributed by atoms with Crippen molar-refractivity contribution in [2.24, 2.45) is 5.10 Å². The Morgan fingerprint density at radius 1 is 1.91 bits per heavy atom. The molecule has 0 aromatic heterocycles. The van der Waals surface area contributed by atoms with Crippen molar-refractivity contribution in [1.82, 2.24) is 5.43 Å². The normalized spacial score (nSPS) is 22.5. The number of hydrogen-bond acceptors (Lipinski definition) is 4. The van der Waals surface area contributed by atoms with Gasteiger partial charge in [-0.15, -0.1) is 0 Å². The molecule has 0 aromatic rings. The summed E-state index contributed by atoms with van der Waals surface area (Å²) in [6.07, 6.45) is 1.49. The number of alkyl halides is 1. The number of hydrogen-bond donors (Lipinski definition) is 1. The van der Waals surface area contributed by atoms with Crippen LogP contribution >= 0.6 is 11.6 Å². The van der Waals surface area contributed by atoms with E-state index in [2.05, 4.69) is 10.5 Å². The molecule has 1 rings (SSSR count). The fourth-order valence-electron chi connectivity index (χ4n) is 0.650. The van der Waals surface area contributed by atoms with Gasteiger partial charge >= 0.3 is 0 Å². The standard InChI is InChI=1S/C6H6ClN3O/c1-11-5-2-4(3-8)9-10-6(5)7/h2,6,10H,1H3. The first kappa shape index (κ1) is 7.89. The topological polar surface area (TPSA) is 57.4 Å². The van der Waals surface area contributed by atoms with Gasteiger partial charge in [0.2, 0.25) is 0 Å². The monoisotopic (exact) mass is 171 g/mol. The molecule has 0 fully saturated rings. The quantitative estimate of drug-likeness (QED) is 0.464. The first-order chi connectivity index (χ1) is 5.27. The van der Waals surface area contributed by atoms with Crippen LogP contribution in [0.2, 0.25) is 0 Å². The molecule has 11 heavy (non-hydrogen) atoms. The number of ether oxygens (including phenoxy) is 1. The number of nitrogens with one attached hydrogen (secondary N) is 1. The lowest BCUT2D eigenvalue weighted by Crippen LogP contribution is -2.27. The zero-order chi connectivity index (χ0) is 8.27. The minimum atomic E-state index is -0.475. The van der Waals surface area contributed by atoms with Crippen molar-refractivity contribution >= 4 is 17.3 Å². The molecule has 4 nitrogen and oxygen atoms in total. The smallest absolute Gasteiger partial charge is 0.174 e. The highest BCUT2D eigenvalue weighted by Crippen LogP contribution is 2.11. The number of halogens is 1. The van der Waals surface area contributed by atoms with E-state index in [1.165, 1.54) is 13.2 Å². The highest BCUT2D eigenvalue weighted by Gasteiger charge is 2.15. The molecule has 0 aliphatic carbocycles. The van der Waals surface area contributed by atoms with Crippen molar-refractivity contribution < 1.29 is 4.74 Å². The Morgan fingerprint density at radius 3 is 3.18 bits per heavy atom. The Hall–Kier alpha value is -1.21. The average molecular weight is 172 g/mol. The predicted octanol–water partition coefficient (Wildman–Crippen LogP) is 0.564. The van der Waals surface area contributed by atoms with Gasteiger partial charge in [-0.05, 0) is 0 Å². The van der Waals surface area contributed by atoms with Crippen molar-refractivity contribution in [1.29, 1.82) is 5.26 Å². The SMILES string of the molecule is COC1=CC(C#N)=NNC1Cl. The van der Waals surface area contributed by atoms with Crippen LogP contribution in [-0.4, -0.2) is 18.3 Å². The number of allylic oxidation sites excluding steroid dienone is 1. The molecule has 0 aromatic carbocycles. The second-order valence-electron chi connectivity index (χ2n) is 1.85. The Labute approximate surface area is 69.1 Å². The minimum absolute atomic E-state index is 0.263. The molecule has 0 saturated carbocycles. The third-order valence-electron chi connectivity index (χ3n) is 1.18. The lowest BCUT2D eigenvalue weighted by atomic mass is 10.3. The molecule has 0 spiro atoms. The summed E-state index contributed by atoms with van der Waals surface area (Å²) >= 11 is 5.68. The molecular weight excluding hydrogens is 166 g/mol. The lowest BCUT2D eigenvalue weighted by molar-refractivity contribution is 0.270. The van der Waals surface area contributed by atoms with Gasteiger partial charge in [0.05, 0.1) is 7.11 Å². The Morgan fingerprint density at radius 2 is 2.64 bits per heavy atom. The van der Waals surface area contributed by atoms with Gasteiger partial charge in [-0.3, -0.25) is 5.43 Å². The van der Waals surface area contributed by atoms with E-state index in [1.807, 2.05) is 6.07 Å². The second kappa shape index (κ2) is 3.26. The molecule has 1 atom stereocenters. The summed E-state index contributed by atoms with van der Waals surface area (Å²) in [7, 11) is 1.49. The summed E-state index contributed by atoms with van der Waals surface area (Å²) in [6.45, 7) is 0. The molecule has 0 bridgehead atoms. The van der Waals surface area contributed by atoms with Crippen molar-refractivity contribution in [2.45, 2.75) is 5.50 Å². The van der Waals surface area contributed by atoms with Gasteiger partial charge in [-0.1, -0.05) is 11.6 Å². The van der Waals surface area contributed by atoms with E-state index in [-0.39, 0.29) is 5.71 Å². The third-order valence-corrected chi connectivity index (χ3v) is 1.49. The van der Waals surface area contributed by atoms with E-state index < -0.39 is 5.50 Å². The molecule has 1 aliphatic rings. The molecule has 1 aliphatic heterocycles. The first-order valence-corrected chi connectivity index (χ1v) is 3.34. The van der Waals surface area contributed by atoms with Crippen molar-refractivity contribution in [3.05, 3.63) is 11.8 Å². The van der Waals surface area contributed by atoms with Gasteiger partial charge < -0.3 is 4.74 Å². The summed E-state index contributed by atoms with van der Waals surface area (Å²) in [5, 5.41) is 12.1. The minimum Gasteiger partial charge on any atom is -0.497 e. The number of methoxy groups -OCH3 is 1. The van der Waals surface area contributed by atoms with Crippen LogP contribution in [0.25, 0.3) is 0 Å². The van der Waals surface area contributed by atoms with Gasteiger partial charge in [0.15, 0.2) is 11.2 Å². The Balaban J connectivity index is 2.82. The van der Waals surface area contributed by atoms with E-state index in [0.29, 0.717) is 5.76 Å². The van der Waals surface area contributed by atoms with E-state index >= 15 is 0 Å². The van der Waals surface area contributed by atoms with E-state index in [0.717, 1.165) is 0 Å². The molecular formula is C6H6ClN3O.